The number of nitrogens with one attached hydrogen (secondary N) is 1. The highest BCUT2D eigenvalue weighted by atomic mass is 16.5. The fourth-order valence-corrected chi connectivity index (χ4v) is 2.25. The molecule has 0 aliphatic rings. The SMILES string of the molecule is COc1ccc(CNCCCc2ccccc2)cc1C#N. The molecule has 0 saturated carbocycles. The number of aryl methyl sites for hydroxylation is 1. The minimum atomic E-state index is 0.584. The Morgan fingerprint density at radius 2 is 1.90 bits per heavy atom. The number of methoxy groups -OCH3 is 1. The standard InChI is InChI=1S/C18H20N2O/c1-21-18-10-9-16(12-17(18)13-19)14-20-11-5-8-15-6-3-2-4-7-15/h2-4,6-7,9-10,12,20H,5,8,11,14H2,1H3. The van der Waals surface area contributed by atoms with Crippen LogP contribution < -0.4 is 10.1 Å². The first kappa shape index (κ1) is 15.1. The minimum Gasteiger partial charge on any atom is -0.495 e. The maximum atomic E-state index is 9.06. The Hall–Kier alpha value is -2.31. The van der Waals surface area contributed by atoms with E-state index >= 15 is 0 Å². The second kappa shape index (κ2) is 8.08. The van der Waals surface area contributed by atoms with Gasteiger partial charge in [0.15, 0.2) is 0 Å². The molecule has 2 aromatic rings. The Morgan fingerprint density at radius 3 is 2.62 bits per heavy atom. The lowest BCUT2D eigenvalue weighted by Crippen LogP contribution is -2.15. The van der Waals surface area contributed by atoms with Crippen molar-refractivity contribution >= 4 is 0 Å². The smallest absolute Gasteiger partial charge is 0.136 e. The Balaban J connectivity index is 1.75. The maximum absolute atomic E-state index is 9.06. The van der Waals surface area contributed by atoms with Crippen molar-refractivity contribution in [2.24, 2.45) is 0 Å². The van der Waals surface area contributed by atoms with E-state index in [0.29, 0.717) is 11.3 Å². The Morgan fingerprint density at radius 1 is 1.10 bits per heavy atom. The van der Waals surface area contributed by atoms with Gasteiger partial charge in [-0.1, -0.05) is 36.4 Å². The van der Waals surface area contributed by atoms with E-state index in [2.05, 4.69) is 35.7 Å². The van der Waals surface area contributed by atoms with Crippen molar-refractivity contribution in [2.45, 2.75) is 19.4 Å². The quantitative estimate of drug-likeness (QED) is 0.792. The molecule has 3 nitrogen and oxygen atoms in total. The molecular weight excluding hydrogens is 260 g/mol. The van der Waals surface area contributed by atoms with Crippen LogP contribution in [0.3, 0.4) is 0 Å². The van der Waals surface area contributed by atoms with Gasteiger partial charge in [-0.15, -0.1) is 0 Å². The third kappa shape index (κ3) is 4.62. The number of nitrogens with zero attached hydrogens (tertiary/aromatic N) is 1. The first-order valence-electron chi connectivity index (χ1n) is 7.15. The summed E-state index contributed by atoms with van der Waals surface area (Å²) >= 11 is 0. The summed E-state index contributed by atoms with van der Waals surface area (Å²) in [6.07, 6.45) is 2.19. The van der Waals surface area contributed by atoms with E-state index in [1.165, 1.54) is 5.56 Å². The summed E-state index contributed by atoms with van der Waals surface area (Å²) in [5.41, 5.74) is 3.06. The molecule has 0 radical (unpaired) electrons. The summed E-state index contributed by atoms with van der Waals surface area (Å²) in [6, 6.07) is 18.4. The van der Waals surface area contributed by atoms with Gasteiger partial charge in [0.2, 0.25) is 0 Å². The minimum absolute atomic E-state index is 0.584. The van der Waals surface area contributed by atoms with Crippen LogP contribution in [0.25, 0.3) is 0 Å². The van der Waals surface area contributed by atoms with Crippen molar-refractivity contribution in [3.05, 3.63) is 65.2 Å². The van der Waals surface area contributed by atoms with Crippen LogP contribution in [0.15, 0.2) is 48.5 Å². The van der Waals surface area contributed by atoms with Crippen molar-refractivity contribution in [2.75, 3.05) is 13.7 Å². The van der Waals surface area contributed by atoms with Gasteiger partial charge in [0.1, 0.15) is 11.8 Å². The molecule has 0 fully saturated rings. The maximum Gasteiger partial charge on any atom is 0.136 e. The fourth-order valence-electron chi connectivity index (χ4n) is 2.25. The largest absolute Gasteiger partial charge is 0.495 e. The van der Waals surface area contributed by atoms with Gasteiger partial charge in [-0.3, -0.25) is 0 Å². The third-order valence-electron chi connectivity index (χ3n) is 3.38. The van der Waals surface area contributed by atoms with Gasteiger partial charge in [0.25, 0.3) is 0 Å². The molecule has 0 aliphatic heterocycles. The lowest BCUT2D eigenvalue weighted by Gasteiger charge is -2.07. The average molecular weight is 280 g/mol. The summed E-state index contributed by atoms with van der Waals surface area (Å²) < 4.78 is 5.14. The lowest BCUT2D eigenvalue weighted by atomic mass is 10.1. The molecule has 108 valence electrons. The van der Waals surface area contributed by atoms with E-state index in [4.69, 9.17) is 10.00 Å². The van der Waals surface area contributed by atoms with Crippen LogP contribution in [0.1, 0.15) is 23.1 Å². The summed E-state index contributed by atoms with van der Waals surface area (Å²) in [7, 11) is 1.58. The topological polar surface area (TPSA) is 45.0 Å². The third-order valence-corrected chi connectivity index (χ3v) is 3.38. The van der Waals surface area contributed by atoms with Gasteiger partial charge in [-0.05, 0) is 42.6 Å². The second-order valence-electron chi connectivity index (χ2n) is 4.91. The Bertz CT molecular complexity index is 602. The van der Waals surface area contributed by atoms with Crippen molar-refractivity contribution in [3.63, 3.8) is 0 Å². The van der Waals surface area contributed by atoms with Crippen LogP contribution in [0.2, 0.25) is 0 Å². The molecule has 0 amide bonds. The molecule has 2 rings (SSSR count). The van der Waals surface area contributed by atoms with E-state index < -0.39 is 0 Å². The predicted molar refractivity (Wildman–Crippen MR) is 84.2 cm³/mol. The molecule has 21 heavy (non-hydrogen) atoms. The zero-order valence-electron chi connectivity index (χ0n) is 12.3. The zero-order valence-corrected chi connectivity index (χ0v) is 12.3. The molecule has 0 aromatic heterocycles. The van der Waals surface area contributed by atoms with E-state index in [0.717, 1.165) is 31.5 Å². The summed E-state index contributed by atoms with van der Waals surface area (Å²) in [4.78, 5) is 0. The molecule has 2 aromatic carbocycles. The molecule has 0 unspecified atom stereocenters. The van der Waals surface area contributed by atoms with E-state index in [9.17, 15) is 0 Å². The molecule has 0 aliphatic carbocycles. The second-order valence-corrected chi connectivity index (χ2v) is 4.91. The molecule has 3 heteroatoms. The number of hydrogen-bond donors (Lipinski definition) is 1. The summed E-state index contributed by atoms with van der Waals surface area (Å²) in [6.45, 7) is 1.73. The van der Waals surface area contributed by atoms with Crippen LogP contribution >= 0.6 is 0 Å². The number of benzene rings is 2. The first-order valence-corrected chi connectivity index (χ1v) is 7.15. The van der Waals surface area contributed by atoms with Gasteiger partial charge < -0.3 is 10.1 Å². The zero-order chi connectivity index (χ0) is 14.9. The number of ether oxygens (including phenoxy) is 1. The molecule has 0 spiro atoms. The molecule has 0 bridgehead atoms. The monoisotopic (exact) mass is 280 g/mol. The Kier molecular flexibility index (Phi) is 5.81. The van der Waals surface area contributed by atoms with Crippen LogP contribution in [-0.2, 0) is 13.0 Å². The highest BCUT2D eigenvalue weighted by Gasteiger charge is 2.03. The molecular formula is C18H20N2O. The van der Waals surface area contributed by atoms with Crippen molar-refractivity contribution < 1.29 is 4.74 Å². The molecule has 0 heterocycles. The van der Waals surface area contributed by atoms with Gasteiger partial charge in [-0.2, -0.15) is 5.26 Å². The predicted octanol–water partition coefficient (Wildman–Crippen LogP) is 3.29. The number of nitriles is 1. The fraction of sp³-hybridized carbons (Fsp3) is 0.278. The average Bonchev–Trinajstić information content (AvgIpc) is 2.55. The van der Waals surface area contributed by atoms with Gasteiger partial charge >= 0.3 is 0 Å². The van der Waals surface area contributed by atoms with Crippen molar-refractivity contribution in [1.29, 1.82) is 5.26 Å². The van der Waals surface area contributed by atoms with Crippen LogP contribution in [0.4, 0.5) is 0 Å². The van der Waals surface area contributed by atoms with Gasteiger partial charge in [0.05, 0.1) is 12.7 Å². The number of hydrogen-bond acceptors (Lipinski definition) is 3. The van der Waals surface area contributed by atoms with Gasteiger partial charge in [-0.25, -0.2) is 0 Å². The van der Waals surface area contributed by atoms with Crippen LogP contribution in [0.5, 0.6) is 5.75 Å². The van der Waals surface area contributed by atoms with Crippen LogP contribution in [0, 0.1) is 11.3 Å². The molecule has 0 saturated heterocycles. The number of rotatable bonds is 7. The molecule has 0 atom stereocenters. The van der Waals surface area contributed by atoms with E-state index in [1.807, 2.05) is 24.3 Å². The highest BCUT2D eigenvalue weighted by Crippen LogP contribution is 2.18. The van der Waals surface area contributed by atoms with E-state index in [-0.39, 0.29) is 0 Å². The van der Waals surface area contributed by atoms with Crippen molar-refractivity contribution in [1.82, 2.24) is 5.32 Å². The summed E-state index contributed by atoms with van der Waals surface area (Å²) in [5.74, 6) is 0.630. The highest BCUT2D eigenvalue weighted by molar-refractivity contribution is 5.45. The van der Waals surface area contributed by atoms with Gasteiger partial charge in [0, 0.05) is 6.54 Å². The lowest BCUT2D eigenvalue weighted by molar-refractivity contribution is 0.413. The molecule has 1 N–H and O–H groups in total. The summed E-state index contributed by atoms with van der Waals surface area (Å²) in [5, 5.41) is 12.5. The normalized spacial score (nSPS) is 10.1. The van der Waals surface area contributed by atoms with Crippen molar-refractivity contribution in [3.8, 4) is 11.8 Å². The van der Waals surface area contributed by atoms with E-state index in [1.54, 1.807) is 7.11 Å². The van der Waals surface area contributed by atoms with Crippen LogP contribution in [-0.4, -0.2) is 13.7 Å². The Labute approximate surface area is 126 Å². The first-order chi connectivity index (χ1) is 10.3.